The first kappa shape index (κ1) is 13.5. The molecule has 102 valence electrons. The number of hydrogen-bond acceptors (Lipinski definition) is 4. The predicted molar refractivity (Wildman–Crippen MR) is 68.5 cm³/mol. The van der Waals surface area contributed by atoms with Crippen LogP contribution in [0.2, 0.25) is 0 Å². The molecule has 1 heterocycles. The van der Waals surface area contributed by atoms with E-state index in [4.69, 9.17) is 0 Å². The van der Waals surface area contributed by atoms with Crippen LogP contribution in [0.4, 0.5) is 0 Å². The lowest BCUT2D eigenvalue weighted by atomic mass is 9.83. The van der Waals surface area contributed by atoms with Crippen molar-refractivity contribution in [1.29, 1.82) is 0 Å². The average Bonchev–Trinajstić information content (AvgIpc) is 2.72. The van der Waals surface area contributed by atoms with Gasteiger partial charge in [0.1, 0.15) is 0 Å². The molecule has 1 aromatic rings. The van der Waals surface area contributed by atoms with E-state index in [1.807, 2.05) is 6.92 Å². The maximum Gasteiger partial charge on any atom is 0.258 e. The standard InChI is InChI=1S/C11H20N4O2S/c1-3-12-6-9-7-13-14-11(9)18(16,17)15-10-4-8(2)5-10/h7-8,10,12,15H,3-6H2,1-2H3,(H,13,14). The summed E-state index contributed by atoms with van der Waals surface area (Å²) in [7, 11) is -3.47. The van der Waals surface area contributed by atoms with E-state index in [0.29, 0.717) is 18.0 Å². The average molecular weight is 272 g/mol. The maximum atomic E-state index is 12.2. The smallest absolute Gasteiger partial charge is 0.258 e. The van der Waals surface area contributed by atoms with Crippen LogP contribution in [-0.4, -0.2) is 31.2 Å². The van der Waals surface area contributed by atoms with Crippen LogP contribution >= 0.6 is 0 Å². The molecule has 0 aromatic carbocycles. The van der Waals surface area contributed by atoms with Crippen molar-refractivity contribution in [3.8, 4) is 0 Å². The van der Waals surface area contributed by atoms with Crippen LogP contribution in [0.15, 0.2) is 11.2 Å². The molecule has 0 unspecified atom stereocenters. The van der Waals surface area contributed by atoms with Gasteiger partial charge in [0.2, 0.25) is 0 Å². The second kappa shape index (κ2) is 5.38. The molecule has 1 aromatic heterocycles. The molecule has 1 aliphatic carbocycles. The van der Waals surface area contributed by atoms with Crippen molar-refractivity contribution in [2.45, 2.75) is 44.3 Å². The third-order valence-electron chi connectivity index (χ3n) is 3.21. The molecule has 0 saturated heterocycles. The summed E-state index contributed by atoms with van der Waals surface area (Å²) >= 11 is 0. The lowest BCUT2D eigenvalue weighted by Gasteiger charge is -2.32. The van der Waals surface area contributed by atoms with Gasteiger partial charge in [-0.05, 0) is 25.3 Å². The first-order chi connectivity index (χ1) is 8.53. The molecule has 1 fully saturated rings. The van der Waals surface area contributed by atoms with E-state index in [9.17, 15) is 8.42 Å². The van der Waals surface area contributed by atoms with Gasteiger partial charge in [0.15, 0.2) is 5.03 Å². The summed E-state index contributed by atoms with van der Waals surface area (Å²) in [6.45, 7) is 5.39. The first-order valence-corrected chi connectivity index (χ1v) is 7.76. The van der Waals surface area contributed by atoms with Crippen LogP contribution in [0, 0.1) is 5.92 Å². The van der Waals surface area contributed by atoms with Gasteiger partial charge in [-0.1, -0.05) is 13.8 Å². The van der Waals surface area contributed by atoms with Crippen molar-refractivity contribution in [2.75, 3.05) is 6.54 Å². The number of aromatic amines is 1. The Balaban J connectivity index is 2.07. The van der Waals surface area contributed by atoms with Gasteiger partial charge < -0.3 is 5.32 Å². The number of rotatable bonds is 6. The molecule has 2 rings (SSSR count). The van der Waals surface area contributed by atoms with Crippen LogP contribution in [0.25, 0.3) is 0 Å². The fourth-order valence-electron chi connectivity index (χ4n) is 2.19. The highest BCUT2D eigenvalue weighted by atomic mass is 32.2. The fourth-order valence-corrected chi connectivity index (χ4v) is 3.59. The predicted octanol–water partition coefficient (Wildman–Crippen LogP) is 0.596. The van der Waals surface area contributed by atoms with E-state index in [-0.39, 0.29) is 11.1 Å². The molecule has 0 radical (unpaired) electrons. The lowest BCUT2D eigenvalue weighted by Crippen LogP contribution is -2.43. The number of nitrogens with one attached hydrogen (secondary N) is 3. The molecule has 0 amide bonds. The number of hydrogen-bond donors (Lipinski definition) is 3. The van der Waals surface area contributed by atoms with E-state index >= 15 is 0 Å². The highest BCUT2D eigenvalue weighted by Gasteiger charge is 2.31. The van der Waals surface area contributed by atoms with E-state index in [1.165, 1.54) is 0 Å². The van der Waals surface area contributed by atoms with Crippen molar-refractivity contribution < 1.29 is 8.42 Å². The van der Waals surface area contributed by atoms with Gasteiger partial charge in [-0.3, -0.25) is 5.10 Å². The van der Waals surface area contributed by atoms with Crippen molar-refractivity contribution in [3.05, 3.63) is 11.8 Å². The Kier molecular flexibility index (Phi) is 4.04. The zero-order chi connectivity index (χ0) is 13.2. The molecular formula is C11H20N4O2S. The van der Waals surface area contributed by atoms with Crippen LogP contribution in [0.5, 0.6) is 0 Å². The van der Waals surface area contributed by atoms with E-state index in [2.05, 4.69) is 27.2 Å². The summed E-state index contributed by atoms with van der Waals surface area (Å²) in [4.78, 5) is 0. The van der Waals surface area contributed by atoms with E-state index in [1.54, 1.807) is 6.20 Å². The van der Waals surface area contributed by atoms with Crippen molar-refractivity contribution in [1.82, 2.24) is 20.2 Å². The number of sulfonamides is 1. The number of nitrogens with zero attached hydrogens (tertiary/aromatic N) is 1. The molecule has 6 nitrogen and oxygen atoms in total. The van der Waals surface area contributed by atoms with Gasteiger partial charge in [0.25, 0.3) is 10.0 Å². The molecule has 7 heteroatoms. The topological polar surface area (TPSA) is 86.9 Å². The quantitative estimate of drug-likeness (QED) is 0.707. The summed E-state index contributed by atoms with van der Waals surface area (Å²) in [5.74, 6) is 0.612. The Labute approximate surface area is 108 Å². The molecular weight excluding hydrogens is 252 g/mol. The minimum Gasteiger partial charge on any atom is -0.313 e. The molecule has 1 aliphatic rings. The van der Waals surface area contributed by atoms with E-state index in [0.717, 1.165) is 19.4 Å². The summed E-state index contributed by atoms with van der Waals surface area (Å²) in [6.07, 6.45) is 3.38. The van der Waals surface area contributed by atoms with Gasteiger partial charge >= 0.3 is 0 Å². The fraction of sp³-hybridized carbons (Fsp3) is 0.727. The largest absolute Gasteiger partial charge is 0.313 e. The molecule has 0 atom stereocenters. The lowest BCUT2D eigenvalue weighted by molar-refractivity contribution is 0.270. The summed E-state index contributed by atoms with van der Waals surface area (Å²) in [5.41, 5.74) is 0.678. The Bertz CT molecular complexity index is 491. The zero-order valence-electron chi connectivity index (χ0n) is 10.7. The Morgan fingerprint density at radius 1 is 1.50 bits per heavy atom. The zero-order valence-corrected chi connectivity index (χ0v) is 11.5. The summed E-state index contributed by atoms with van der Waals surface area (Å²) in [6, 6.07) is 0.0697. The molecule has 0 bridgehead atoms. The third-order valence-corrected chi connectivity index (χ3v) is 4.74. The molecule has 0 aliphatic heterocycles. The Morgan fingerprint density at radius 3 is 2.83 bits per heavy atom. The summed E-state index contributed by atoms with van der Waals surface area (Å²) in [5, 5.41) is 9.69. The van der Waals surface area contributed by atoms with Crippen molar-refractivity contribution >= 4 is 10.0 Å². The second-order valence-corrected chi connectivity index (χ2v) is 6.55. The van der Waals surface area contributed by atoms with Crippen LogP contribution < -0.4 is 10.0 Å². The third kappa shape index (κ3) is 2.90. The van der Waals surface area contributed by atoms with Crippen molar-refractivity contribution in [2.24, 2.45) is 5.92 Å². The minimum atomic E-state index is -3.47. The van der Waals surface area contributed by atoms with Crippen molar-refractivity contribution in [3.63, 3.8) is 0 Å². The molecule has 1 saturated carbocycles. The highest BCUT2D eigenvalue weighted by molar-refractivity contribution is 7.89. The molecule has 18 heavy (non-hydrogen) atoms. The minimum absolute atomic E-state index is 0.0697. The highest BCUT2D eigenvalue weighted by Crippen LogP contribution is 2.27. The Hall–Kier alpha value is -0.920. The van der Waals surface area contributed by atoms with Crippen LogP contribution in [0.1, 0.15) is 32.3 Å². The van der Waals surface area contributed by atoms with Gasteiger partial charge in [0.05, 0.1) is 6.20 Å². The van der Waals surface area contributed by atoms with Crippen LogP contribution in [-0.2, 0) is 16.6 Å². The van der Waals surface area contributed by atoms with E-state index < -0.39 is 10.0 Å². The SMILES string of the molecule is CCNCc1cn[nH]c1S(=O)(=O)NC1CC(C)C1. The van der Waals surface area contributed by atoms with Gasteiger partial charge in [0, 0.05) is 18.2 Å². The normalized spacial score (nSPS) is 23.9. The number of aromatic nitrogens is 2. The Morgan fingerprint density at radius 2 is 2.22 bits per heavy atom. The van der Waals surface area contributed by atoms with Gasteiger partial charge in [-0.25, -0.2) is 13.1 Å². The summed E-state index contributed by atoms with van der Waals surface area (Å²) < 4.78 is 27.1. The number of H-pyrrole nitrogens is 1. The molecule has 0 spiro atoms. The first-order valence-electron chi connectivity index (χ1n) is 6.28. The molecule has 3 N–H and O–H groups in total. The maximum absolute atomic E-state index is 12.2. The van der Waals surface area contributed by atoms with Gasteiger partial charge in [-0.2, -0.15) is 5.10 Å². The van der Waals surface area contributed by atoms with Gasteiger partial charge in [-0.15, -0.1) is 0 Å². The van der Waals surface area contributed by atoms with Crippen LogP contribution in [0.3, 0.4) is 0 Å². The second-order valence-electron chi connectivity index (χ2n) is 4.90. The monoisotopic (exact) mass is 272 g/mol.